The summed E-state index contributed by atoms with van der Waals surface area (Å²) in [5, 5.41) is 3.36. The zero-order valence-electron chi connectivity index (χ0n) is 9.87. The maximum atomic E-state index is 11.6. The maximum Gasteiger partial charge on any atom is 0.266 e. The average molecular weight is 348 g/mol. The van der Waals surface area contributed by atoms with E-state index in [4.69, 9.17) is 0 Å². The molecule has 1 aliphatic rings. The average Bonchev–Trinajstić information content (AvgIpc) is 2.84. The van der Waals surface area contributed by atoms with Crippen LogP contribution in [0.5, 0.6) is 0 Å². The summed E-state index contributed by atoms with van der Waals surface area (Å²) < 4.78 is 0.686. The van der Waals surface area contributed by atoms with Crippen LogP contribution in [0.3, 0.4) is 0 Å². The molecule has 0 aliphatic carbocycles. The Morgan fingerprint density at radius 2 is 2.47 bits per heavy atom. The molecule has 1 aromatic rings. The van der Waals surface area contributed by atoms with Gasteiger partial charge in [-0.2, -0.15) is 0 Å². The van der Waals surface area contributed by atoms with E-state index in [9.17, 15) is 4.79 Å². The zero-order chi connectivity index (χ0) is 12.3. The molecule has 0 bridgehead atoms. The third kappa shape index (κ3) is 2.79. The Morgan fingerprint density at radius 3 is 3.12 bits per heavy atom. The highest BCUT2D eigenvalue weighted by Crippen LogP contribution is 2.21. The van der Waals surface area contributed by atoms with Gasteiger partial charge in [-0.15, -0.1) is 0 Å². The number of aromatic nitrogens is 2. The smallest absolute Gasteiger partial charge is 0.266 e. The van der Waals surface area contributed by atoms with Crippen LogP contribution < -0.4 is 15.8 Å². The van der Waals surface area contributed by atoms with Crippen molar-refractivity contribution >= 4 is 28.4 Å². The highest BCUT2D eigenvalue weighted by atomic mass is 127. The molecule has 2 N–H and O–H groups in total. The summed E-state index contributed by atoms with van der Waals surface area (Å²) in [5.74, 6) is 0.824. The lowest BCUT2D eigenvalue weighted by atomic mass is 10.2. The Hall–Kier alpha value is -0.630. The van der Waals surface area contributed by atoms with Crippen LogP contribution in [0, 0.1) is 3.57 Å². The fourth-order valence-corrected chi connectivity index (χ4v) is 2.79. The van der Waals surface area contributed by atoms with Crippen molar-refractivity contribution < 1.29 is 0 Å². The number of rotatable bonds is 4. The largest absolute Gasteiger partial charge is 0.351 e. The van der Waals surface area contributed by atoms with Crippen molar-refractivity contribution in [3.8, 4) is 0 Å². The van der Waals surface area contributed by atoms with Gasteiger partial charge in [-0.25, -0.2) is 4.98 Å². The van der Waals surface area contributed by atoms with Gasteiger partial charge in [0.1, 0.15) is 9.39 Å². The van der Waals surface area contributed by atoms with Crippen LogP contribution >= 0.6 is 22.6 Å². The van der Waals surface area contributed by atoms with Gasteiger partial charge in [0.2, 0.25) is 0 Å². The van der Waals surface area contributed by atoms with Crippen LogP contribution in [-0.4, -0.2) is 35.6 Å². The van der Waals surface area contributed by atoms with E-state index >= 15 is 0 Å². The summed E-state index contributed by atoms with van der Waals surface area (Å²) in [5.41, 5.74) is -0.0531. The van der Waals surface area contributed by atoms with E-state index in [-0.39, 0.29) is 5.56 Å². The molecule has 2 heterocycles. The number of halogens is 1. The van der Waals surface area contributed by atoms with Gasteiger partial charge in [-0.1, -0.05) is 6.92 Å². The first kappa shape index (κ1) is 12.8. The Bertz CT molecular complexity index is 428. The SMILES string of the molecule is CCCN(c1nc[nH]c(=O)c1I)C1CCNC1. The zero-order valence-corrected chi connectivity index (χ0v) is 12.0. The van der Waals surface area contributed by atoms with Gasteiger partial charge in [0.15, 0.2) is 0 Å². The maximum absolute atomic E-state index is 11.6. The minimum atomic E-state index is -0.0531. The molecule has 0 saturated carbocycles. The minimum absolute atomic E-state index is 0.0531. The second-order valence-corrected chi connectivity index (χ2v) is 5.29. The molecule has 6 heteroatoms. The molecular weight excluding hydrogens is 331 g/mol. The van der Waals surface area contributed by atoms with Gasteiger partial charge in [-0.05, 0) is 42.0 Å². The normalized spacial score (nSPS) is 19.5. The molecule has 0 spiro atoms. The molecule has 5 nitrogen and oxygen atoms in total. The molecule has 94 valence electrons. The van der Waals surface area contributed by atoms with Crippen LogP contribution in [0.1, 0.15) is 19.8 Å². The number of hydrogen-bond donors (Lipinski definition) is 2. The Labute approximate surface area is 114 Å². The molecule has 1 aliphatic heterocycles. The van der Waals surface area contributed by atoms with E-state index in [0.717, 1.165) is 38.3 Å². The van der Waals surface area contributed by atoms with Crippen molar-refractivity contribution in [3.63, 3.8) is 0 Å². The Balaban J connectivity index is 2.31. The molecular formula is C11H17IN4O. The van der Waals surface area contributed by atoms with Crippen molar-refractivity contribution in [1.82, 2.24) is 15.3 Å². The second-order valence-electron chi connectivity index (χ2n) is 4.21. The molecule has 0 aromatic carbocycles. The summed E-state index contributed by atoms with van der Waals surface area (Å²) in [6, 6.07) is 0.456. The van der Waals surface area contributed by atoms with Crippen LogP contribution in [0.15, 0.2) is 11.1 Å². The Kier molecular flexibility index (Phi) is 4.38. The number of hydrogen-bond acceptors (Lipinski definition) is 4. The molecule has 0 radical (unpaired) electrons. The van der Waals surface area contributed by atoms with Gasteiger partial charge in [-0.3, -0.25) is 4.79 Å². The molecule has 1 fully saturated rings. The number of H-pyrrole nitrogens is 1. The monoisotopic (exact) mass is 348 g/mol. The first-order chi connectivity index (χ1) is 8.24. The number of nitrogens with zero attached hydrogens (tertiary/aromatic N) is 2. The topological polar surface area (TPSA) is 61.0 Å². The van der Waals surface area contributed by atoms with Crippen molar-refractivity contribution in [3.05, 3.63) is 20.3 Å². The predicted octanol–water partition coefficient (Wildman–Crippen LogP) is 0.953. The van der Waals surface area contributed by atoms with E-state index in [1.807, 2.05) is 0 Å². The highest BCUT2D eigenvalue weighted by molar-refractivity contribution is 14.1. The first-order valence-electron chi connectivity index (χ1n) is 5.94. The Morgan fingerprint density at radius 1 is 1.65 bits per heavy atom. The quantitative estimate of drug-likeness (QED) is 0.796. The fourth-order valence-electron chi connectivity index (χ4n) is 2.18. The highest BCUT2D eigenvalue weighted by Gasteiger charge is 2.24. The van der Waals surface area contributed by atoms with Gasteiger partial charge in [0, 0.05) is 19.1 Å². The summed E-state index contributed by atoms with van der Waals surface area (Å²) in [6.07, 6.45) is 3.66. The molecule has 1 unspecified atom stereocenters. The summed E-state index contributed by atoms with van der Waals surface area (Å²) in [4.78, 5) is 20.8. The number of anilines is 1. The lowest BCUT2D eigenvalue weighted by molar-refractivity contribution is 0.615. The standard InChI is InChI=1S/C11H17IN4O/c1-2-5-16(8-3-4-13-6-8)10-9(12)11(17)15-7-14-10/h7-8,13H,2-6H2,1H3,(H,14,15,17). The molecule has 2 rings (SSSR count). The number of aromatic amines is 1. The van der Waals surface area contributed by atoms with Crippen LogP contribution in [0.2, 0.25) is 0 Å². The van der Waals surface area contributed by atoms with E-state index < -0.39 is 0 Å². The molecule has 0 amide bonds. The van der Waals surface area contributed by atoms with Crippen molar-refractivity contribution in [2.45, 2.75) is 25.8 Å². The minimum Gasteiger partial charge on any atom is -0.351 e. The third-order valence-electron chi connectivity index (χ3n) is 2.99. The molecule has 1 saturated heterocycles. The van der Waals surface area contributed by atoms with E-state index in [1.165, 1.54) is 6.33 Å². The van der Waals surface area contributed by atoms with Gasteiger partial charge in [0.05, 0.1) is 6.33 Å². The summed E-state index contributed by atoms with van der Waals surface area (Å²) in [6.45, 7) is 5.11. The van der Waals surface area contributed by atoms with E-state index in [2.05, 4.69) is 49.7 Å². The lowest BCUT2D eigenvalue weighted by Gasteiger charge is -2.29. The lowest BCUT2D eigenvalue weighted by Crippen LogP contribution is -2.39. The fraction of sp³-hybridized carbons (Fsp3) is 0.636. The summed E-state index contributed by atoms with van der Waals surface area (Å²) in [7, 11) is 0. The van der Waals surface area contributed by atoms with Gasteiger partial charge in [0.25, 0.3) is 5.56 Å². The summed E-state index contributed by atoms with van der Waals surface area (Å²) >= 11 is 2.08. The van der Waals surface area contributed by atoms with Crippen LogP contribution in [-0.2, 0) is 0 Å². The molecule has 17 heavy (non-hydrogen) atoms. The van der Waals surface area contributed by atoms with Crippen molar-refractivity contribution in [2.24, 2.45) is 0 Å². The van der Waals surface area contributed by atoms with Crippen LogP contribution in [0.25, 0.3) is 0 Å². The number of nitrogens with one attached hydrogen (secondary N) is 2. The first-order valence-corrected chi connectivity index (χ1v) is 7.02. The predicted molar refractivity (Wildman–Crippen MR) is 76.5 cm³/mol. The van der Waals surface area contributed by atoms with E-state index in [0.29, 0.717) is 9.61 Å². The van der Waals surface area contributed by atoms with E-state index in [1.54, 1.807) is 0 Å². The van der Waals surface area contributed by atoms with Gasteiger partial charge < -0.3 is 15.2 Å². The van der Waals surface area contributed by atoms with Crippen molar-refractivity contribution in [2.75, 3.05) is 24.5 Å². The van der Waals surface area contributed by atoms with Gasteiger partial charge >= 0.3 is 0 Å². The molecule has 1 atom stereocenters. The van der Waals surface area contributed by atoms with Crippen molar-refractivity contribution in [1.29, 1.82) is 0 Å². The molecule has 1 aromatic heterocycles. The van der Waals surface area contributed by atoms with Crippen LogP contribution in [0.4, 0.5) is 5.82 Å². The second kappa shape index (κ2) is 5.81. The third-order valence-corrected chi connectivity index (χ3v) is 3.96.